The minimum Gasteiger partial charge on any atom is -0.354 e. The highest BCUT2D eigenvalue weighted by Gasteiger charge is 2.20. The van der Waals surface area contributed by atoms with Crippen molar-refractivity contribution in [2.75, 3.05) is 60.6 Å². The van der Waals surface area contributed by atoms with Crippen molar-refractivity contribution in [3.05, 3.63) is 18.3 Å². The molecule has 2 aliphatic rings. The lowest BCUT2D eigenvalue weighted by Gasteiger charge is -2.31. The van der Waals surface area contributed by atoms with Crippen LogP contribution in [0.2, 0.25) is 0 Å². The molecule has 0 aliphatic carbocycles. The normalized spacial score (nSPS) is 18.1. The van der Waals surface area contributed by atoms with Gasteiger partial charge in [-0.05, 0) is 12.1 Å². The van der Waals surface area contributed by atoms with Crippen molar-refractivity contribution in [3.63, 3.8) is 0 Å². The SMILES string of the molecule is O=S(=O)(O)O.c1cnc2nc(N3CCNCC3)nc(N3CCSCC3)c2c1. The maximum Gasteiger partial charge on any atom is 0.394 e. The van der Waals surface area contributed by atoms with Gasteiger partial charge in [-0.1, -0.05) is 0 Å². The Hall–Kier alpha value is -1.73. The molecule has 0 aromatic carbocycles. The van der Waals surface area contributed by atoms with Crippen LogP contribution in [0.3, 0.4) is 0 Å². The topological polar surface area (TPSA) is 132 Å². The third-order valence-electron chi connectivity index (χ3n) is 4.15. The number of rotatable bonds is 2. The highest BCUT2D eigenvalue weighted by Crippen LogP contribution is 2.27. The summed E-state index contributed by atoms with van der Waals surface area (Å²) >= 11 is 2.01. The second-order valence-corrected chi connectivity index (χ2v) is 8.13. The van der Waals surface area contributed by atoms with E-state index in [4.69, 9.17) is 27.5 Å². The first kappa shape index (κ1) is 20.0. The van der Waals surface area contributed by atoms with Crippen molar-refractivity contribution in [3.8, 4) is 0 Å². The van der Waals surface area contributed by atoms with Gasteiger partial charge < -0.3 is 15.1 Å². The monoisotopic (exact) mass is 414 g/mol. The Morgan fingerprint density at radius 1 is 1.04 bits per heavy atom. The molecule has 0 spiro atoms. The minimum atomic E-state index is -4.67. The van der Waals surface area contributed by atoms with Gasteiger partial charge in [0.1, 0.15) is 5.82 Å². The molecule has 4 heterocycles. The summed E-state index contributed by atoms with van der Waals surface area (Å²) in [6.45, 7) is 5.97. The first-order valence-corrected chi connectivity index (χ1v) is 11.1. The molecule has 10 nitrogen and oxygen atoms in total. The Labute approximate surface area is 162 Å². The zero-order valence-electron chi connectivity index (χ0n) is 14.7. The molecule has 27 heavy (non-hydrogen) atoms. The summed E-state index contributed by atoms with van der Waals surface area (Å²) in [7, 11) is -4.67. The Balaban J connectivity index is 0.000000376. The quantitative estimate of drug-likeness (QED) is 0.588. The van der Waals surface area contributed by atoms with E-state index in [2.05, 4.69) is 26.2 Å². The fourth-order valence-electron chi connectivity index (χ4n) is 2.96. The van der Waals surface area contributed by atoms with E-state index in [1.807, 2.05) is 24.0 Å². The number of nitrogens with one attached hydrogen (secondary N) is 1. The summed E-state index contributed by atoms with van der Waals surface area (Å²) in [4.78, 5) is 18.7. The molecule has 2 aromatic rings. The molecule has 0 amide bonds. The number of anilines is 2. The molecule has 2 saturated heterocycles. The van der Waals surface area contributed by atoms with Crippen molar-refractivity contribution in [2.24, 2.45) is 0 Å². The molecule has 0 unspecified atom stereocenters. The largest absolute Gasteiger partial charge is 0.394 e. The molecule has 2 fully saturated rings. The van der Waals surface area contributed by atoms with Gasteiger partial charge >= 0.3 is 10.4 Å². The van der Waals surface area contributed by atoms with Crippen LogP contribution in [0, 0.1) is 0 Å². The predicted octanol–water partition coefficient (Wildman–Crippen LogP) is 0.335. The number of nitrogens with zero attached hydrogens (tertiary/aromatic N) is 5. The van der Waals surface area contributed by atoms with E-state index in [-0.39, 0.29) is 0 Å². The number of piperazine rings is 1. The van der Waals surface area contributed by atoms with Crippen LogP contribution in [0.25, 0.3) is 11.0 Å². The van der Waals surface area contributed by atoms with Crippen molar-refractivity contribution in [2.45, 2.75) is 0 Å². The minimum absolute atomic E-state index is 0.805. The third-order valence-corrected chi connectivity index (χ3v) is 5.09. The van der Waals surface area contributed by atoms with Gasteiger partial charge in [-0.25, -0.2) is 4.98 Å². The Morgan fingerprint density at radius 2 is 1.70 bits per heavy atom. The van der Waals surface area contributed by atoms with Crippen LogP contribution in [0.4, 0.5) is 11.8 Å². The van der Waals surface area contributed by atoms with Crippen LogP contribution in [-0.4, -0.2) is 83.2 Å². The third kappa shape index (κ3) is 5.87. The second kappa shape index (κ2) is 8.97. The molecule has 2 aliphatic heterocycles. The lowest BCUT2D eigenvalue weighted by Crippen LogP contribution is -2.44. The standard InChI is InChI=1S/C15H20N6S.H2O4S/c1-2-12-13(17-3-1)18-15(21-6-4-16-5-7-21)19-14(12)20-8-10-22-11-9-20;1-5(2,3)4/h1-3,16H,4-11H2;(H2,1,2,3,4). The molecule has 2 aromatic heterocycles. The van der Waals surface area contributed by atoms with Crippen molar-refractivity contribution >= 4 is 45.0 Å². The fourth-order valence-corrected chi connectivity index (χ4v) is 3.86. The van der Waals surface area contributed by atoms with Crippen molar-refractivity contribution in [1.82, 2.24) is 20.3 Å². The van der Waals surface area contributed by atoms with Gasteiger partial charge in [0.05, 0.1) is 5.39 Å². The molecular formula is C15H22N6O4S2. The maximum absolute atomic E-state index is 8.74. The van der Waals surface area contributed by atoms with Crippen LogP contribution in [-0.2, 0) is 10.4 Å². The molecule has 3 N–H and O–H groups in total. The summed E-state index contributed by atoms with van der Waals surface area (Å²) in [5.74, 6) is 4.19. The molecule has 12 heteroatoms. The van der Waals surface area contributed by atoms with Crippen LogP contribution in [0.1, 0.15) is 0 Å². The number of hydrogen-bond acceptors (Lipinski definition) is 9. The zero-order chi connectivity index (χ0) is 19.3. The number of fused-ring (bicyclic) bond motifs is 1. The Kier molecular flexibility index (Phi) is 6.65. The first-order chi connectivity index (χ1) is 12.9. The predicted molar refractivity (Wildman–Crippen MR) is 106 cm³/mol. The smallest absolute Gasteiger partial charge is 0.354 e. The maximum atomic E-state index is 8.74. The average molecular weight is 415 g/mol. The summed E-state index contributed by atoms with van der Waals surface area (Å²) < 4.78 is 31.6. The van der Waals surface area contributed by atoms with Gasteiger partial charge in [0.15, 0.2) is 5.65 Å². The van der Waals surface area contributed by atoms with E-state index >= 15 is 0 Å². The van der Waals surface area contributed by atoms with Gasteiger partial charge in [-0.15, -0.1) is 0 Å². The molecule has 148 valence electrons. The molecule has 0 saturated carbocycles. The summed E-state index contributed by atoms with van der Waals surface area (Å²) in [5.41, 5.74) is 0.805. The van der Waals surface area contributed by atoms with Gasteiger partial charge in [0.25, 0.3) is 0 Å². The number of thioether (sulfide) groups is 1. The van der Waals surface area contributed by atoms with Gasteiger partial charge in [0.2, 0.25) is 5.95 Å². The second-order valence-electron chi connectivity index (χ2n) is 6.01. The summed E-state index contributed by atoms with van der Waals surface area (Å²) in [6.07, 6.45) is 1.81. The summed E-state index contributed by atoms with van der Waals surface area (Å²) in [5, 5.41) is 4.44. The van der Waals surface area contributed by atoms with Gasteiger partial charge in [-0.3, -0.25) is 9.11 Å². The summed E-state index contributed by atoms with van der Waals surface area (Å²) in [6, 6.07) is 4.05. The average Bonchev–Trinajstić information content (AvgIpc) is 2.67. The van der Waals surface area contributed by atoms with E-state index in [0.29, 0.717) is 0 Å². The Morgan fingerprint density at radius 3 is 2.37 bits per heavy atom. The molecule has 4 rings (SSSR count). The van der Waals surface area contributed by atoms with Crippen LogP contribution < -0.4 is 15.1 Å². The zero-order valence-corrected chi connectivity index (χ0v) is 16.3. The van der Waals surface area contributed by atoms with Gasteiger partial charge in [-0.2, -0.15) is 30.1 Å². The molecular weight excluding hydrogens is 392 g/mol. The van der Waals surface area contributed by atoms with Crippen molar-refractivity contribution < 1.29 is 17.5 Å². The van der Waals surface area contributed by atoms with E-state index in [9.17, 15) is 0 Å². The van der Waals surface area contributed by atoms with Crippen molar-refractivity contribution in [1.29, 1.82) is 0 Å². The number of pyridine rings is 1. The Bertz CT molecular complexity index is 862. The lowest BCUT2D eigenvalue weighted by atomic mass is 10.3. The molecule has 0 atom stereocenters. The highest BCUT2D eigenvalue weighted by atomic mass is 32.3. The van der Waals surface area contributed by atoms with Crippen LogP contribution in [0.5, 0.6) is 0 Å². The van der Waals surface area contributed by atoms with E-state index in [1.54, 1.807) is 0 Å². The highest BCUT2D eigenvalue weighted by molar-refractivity contribution is 7.99. The fraction of sp³-hybridized carbons (Fsp3) is 0.533. The molecule has 0 radical (unpaired) electrons. The van der Waals surface area contributed by atoms with E-state index in [0.717, 1.165) is 73.6 Å². The molecule has 0 bridgehead atoms. The van der Waals surface area contributed by atoms with Crippen LogP contribution in [0.15, 0.2) is 18.3 Å². The number of hydrogen-bond donors (Lipinski definition) is 3. The van der Waals surface area contributed by atoms with E-state index < -0.39 is 10.4 Å². The first-order valence-electron chi connectivity index (χ1n) is 8.53. The number of aromatic nitrogens is 3. The van der Waals surface area contributed by atoms with Gasteiger partial charge in [0, 0.05) is 57.0 Å². The van der Waals surface area contributed by atoms with Crippen LogP contribution >= 0.6 is 11.8 Å². The lowest BCUT2D eigenvalue weighted by molar-refractivity contribution is 0.381. The van der Waals surface area contributed by atoms with E-state index in [1.165, 1.54) is 0 Å².